The number of ether oxygens (including phenoxy) is 1. The highest BCUT2D eigenvalue weighted by Crippen LogP contribution is 2.33. The van der Waals surface area contributed by atoms with Crippen LogP contribution in [-0.2, 0) is 0 Å². The average molecular weight is 306 g/mol. The maximum Gasteiger partial charge on any atom is 0.251 e. The predicted octanol–water partition coefficient (Wildman–Crippen LogP) is 4.46. The highest BCUT2D eigenvalue weighted by Gasteiger charge is 2.14. The zero-order valence-electron chi connectivity index (χ0n) is 12.8. The zero-order valence-corrected chi connectivity index (χ0v) is 13.6. The Hall–Kier alpha value is -1.74. The first-order chi connectivity index (χ1) is 9.97. The summed E-state index contributed by atoms with van der Waals surface area (Å²) in [5, 5.41) is 0.642. The maximum absolute atomic E-state index is 12.4. The number of hydrogen-bond acceptors (Lipinski definition) is 2. The number of aromatic nitrogens is 1. The Morgan fingerprint density at radius 2 is 2.00 bits per heavy atom. The molecule has 0 saturated heterocycles. The van der Waals surface area contributed by atoms with Crippen molar-refractivity contribution in [2.75, 3.05) is 7.11 Å². The number of methoxy groups -OCH3 is 1. The molecule has 21 heavy (non-hydrogen) atoms. The minimum Gasteiger partial charge on any atom is -0.495 e. The lowest BCUT2D eigenvalue weighted by Gasteiger charge is -2.17. The fraction of sp³-hybridized carbons (Fsp3) is 0.353. The van der Waals surface area contributed by atoms with E-state index in [0.29, 0.717) is 10.8 Å². The lowest BCUT2D eigenvalue weighted by atomic mass is 10.0. The molecular formula is C17H20ClNO2. The molecule has 0 amide bonds. The summed E-state index contributed by atoms with van der Waals surface area (Å²) in [5.74, 6) is 0.681. The summed E-state index contributed by atoms with van der Waals surface area (Å²) in [6, 6.07) is 7.41. The van der Waals surface area contributed by atoms with Gasteiger partial charge in [-0.25, -0.2) is 0 Å². The van der Waals surface area contributed by atoms with Crippen LogP contribution >= 0.6 is 11.6 Å². The number of rotatable bonds is 4. The molecule has 0 N–H and O–H groups in total. The van der Waals surface area contributed by atoms with Gasteiger partial charge in [0, 0.05) is 22.7 Å². The quantitative estimate of drug-likeness (QED) is 0.835. The van der Waals surface area contributed by atoms with Crippen molar-refractivity contribution in [1.82, 2.24) is 4.57 Å². The van der Waals surface area contributed by atoms with Crippen molar-refractivity contribution in [3.8, 4) is 16.9 Å². The Morgan fingerprint density at radius 3 is 2.62 bits per heavy atom. The molecule has 2 aromatic rings. The summed E-state index contributed by atoms with van der Waals surface area (Å²) in [5.41, 5.74) is 2.73. The Kier molecular flexibility index (Phi) is 4.73. The molecule has 4 heteroatoms. The second kappa shape index (κ2) is 6.35. The summed E-state index contributed by atoms with van der Waals surface area (Å²) < 4.78 is 7.19. The number of halogens is 1. The largest absolute Gasteiger partial charge is 0.495 e. The van der Waals surface area contributed by atoms with Crippen LogP contribution in [0.15, 0.2) is 35.3 Å². The highest BCUT2D eigenvalue weighted by atomic mass is 35.5. The average Bonchev–Trinajstić information content (AvgIpc) is 2.48. The fourth-order valence-electron chi connectivity index (χ4n) is 2.33. The molecule has 2 rings (SSSR count). The van der Waals surface area contributed by atoms with Crippen molar-refractivity contribution in [1.29, 1.82) is 0 Å². The molecule has 1 unspecified atom stereocenters. The second-order valence-electron chi connectivity index (χ2n) is 5.22. The molecule has 0 radical (unpaired) electrons. The van der Waals surface area contributed by atoms with Crippen LogP contribution in [0, 0.1) is 6.92 Å². The van der Waals surface area contributed by atoms with Gasteiger partial charge in [-0.2, -0.15) is 0 Å². The van der Waals surface area contributed by atoms with Crippen LogP contribution in [0.25, 0.3) is 11.1 Å². The van der Waals surface area contributed by atoms with Crippen molar-refractivity contribution in [3.05, 3.63) is 51.4 Å². The van der Waals surface area contributed by atoms with E-state index in [1.807, 2.05) is 32.0 Å². The first-order valence-electron chi connectivity index (χ1n) is 7.04. The molecule has 1 heterocycles. The fourth-order valence-corrected chi connectivity index (χ4v) is 2.50. The third-order valence-corrected chi connectivity index (χ3v) is 4.05. The summed E-state index contributed by atoms with van der Waals surface area (Å²) in [7, 11) is 1.62. The van der Waals surface area contributed by atoms with E-state index in [9.17, 15) is 4.79 Å². The molecule has 0 fully saturated rings. The molecule has 0 saturated carbocycles. The molecule has 112 valence electrons. The smallest absolute Gasteiger partial charge is 0.251 e. The van der Waals surface area contributed by atoms with Gasteiger partial charge in [0.15, 0.2) is 0 Å². The van der Waals surface area contributed by atoms with E-state index >= 15 is 0 Å². The van der Waals surface area contributed by atoms with Gasteiger partial charge in [-0.3, -0.25) is 4.79 Å². The van der Waals surface area contributed by atoms with E-state index in [1.165, 1.54) is 0 Å². The van der Waals surface area contributed by atoms with Gasteiger partial charge < -0.3 is 9.30 Å². The molecule has 0 aliphatic heterocycles. The van der Waals surface area contributed by atoms with Crippen LogP contribution in [0.4, 0.5) is 0 Å². The molecule has 0 aliphatic carbocycles. The summed E-state index contributed by atoms with van der Waals surface area (Å²) >= 11 is 6.08. The van der Waals surface area contributed by atoms with Crippen molar-refractivity contribution in [2.24, 2.45) is 0 Å². The van der Waals surface area contributed by atoms with E-state index in [4.69, 9.17) is 16.3 Å². The first kappa shape index (κ1) is 15.6. The van der Waals surface area contributed by atoms with E-state index in [0.717, 1.165) is 23.1 Å². The van der Waals surface area contributed by atoms with Gasteiger partial charge in [0.25, 0.3) is 5.56 Å². The van der Waals surface area contributed by atoms with Gasteiger partial charge in [0.2, 0.25) is 0 Å². The number of pyridine rings is 1. The van der Waals surface area contributed by atoms with Crippen LogP contribution in [0.1, 0.15) is 31.9 Å². The predicted molar refractivity (Wildman–Crippen MR) is 87.4 cm³/mol. The second-order valence-corrected chi connectivity index (χ2v) is 5.65. The molecule has 3 nitrogen and oxygen atoms in total. The zero-order chi connectivity index (χ0) is 15.6. The molecule has 1 aromatic carbocycles. The SMILES string of the molecule is CCC(C)n1cc(OC)c(-c2cc(Cl)ccc2C)cc1=O. The van der Waals surface area contributed by atoms with Crippen molar-refractivity contribution < 1.29 is 4.74 Å². The third kappa shape index (κ3) is 3.13. The number of benzene rings is 1. The summed E-state index contributed by atoms with van der Waals surface area (Å²) in [4.78, 5) is 12.4. The van der Waals surface area contributed by atoms with Crippen LogP contribution in [0.5, 0.6) is 5.75 Å². The minimum absolute atomic E-state index is 0.0282. The van der Waals surface area contributed by atoms with Crippen molar-refractivity contribution >= 4 is 11.6 Å². The van der Waals surface area contributed by atoms with E-state index in [1.54, 1.807) is 23.9 Å². The van der Waals surface area contributed by atoms with Crippen LogP contribution in [-0.4, -0.2) is 11.7 Å². The Labute approximate surface area is 130 Å². The van der Waals surface area contributed by atoms with Crippen molar-refractivity contribution in [2.45, 2.75) is 33.2 Å². The number of hydrogen-bond donors (Lipinski definition) is 0. The summed E-state index contributed by atoms with van der Waals surface area (Å²) in [6.07, 6.45) is 2.67. The minimum atomic E-state index is -0.0282. The van der Waals surface area contributed by atoms with Gasteiger partial charge >= 0.3 is 0 Å². The Bertz CT molecular complexity index is 706. The number of aryl methyl sites for hydroxylation is 1. The lowest BCUT2D eigenvalue weighted by molar-refractivity contribution is 0.403. The van der Waals surface area contributed by atoms with Gasteiger partial charge in [-0.1, -0.05) is 24.6 Å². The Morgan fingerprint density at radius 1 is 1.29 bits per heavy atom. The van der Waals surface area contributed by atoms with Crippen LogP contribution in [0.2, 0.25) is 5.02 Å². The monoisotopic (exact) mass is 305 g/mol. The molecule has 1 atom stereocenters. The van der Waals surface area contributed by atoms with Crippen LogP contribution < -0.4 is 10.3 Å². The standard InChI is InChI=1S/C17H20ClNO2/c1-5-12(3)19-10-16(21-4)15(9-17(19)20)14-8-13(18)7-6-11(14)2/h6-10,12H,5H2,1-4H3. The number of nitrogens with zero attached hydrogens (tertiary/aromatic N) is 1. The molecule has 1 aromatic heterocycles. The first-order valence-corrected chi connectivity index (χ1v) is 7.42. The maximum atomic E-state index is 12.4. The van der Waals surface area contributed by atoms with Gasteiger partial charge in [-0.15, -0.1) is 0 Å². The Balaban J connectivity index is 2.67. The van der Waals surface area contributed by atoms with E-state index < -0.39 is 0 Å². The summed E-state index contributed by atoms with van der Waals surface area (Å²) in [6.45, 7) is 6.06. The van der Waals surface area contributed by atoms with Gasteiger partial charge in [-0.05, 0) is 43.5 Å². The molecular weight excluding hydrogens is 286 g/mol. The van der Waals surface area contributed by atoms with E-state index in [2.05, 4.69) is 6.92 Å². The normalized spacial score (nSPS) is 12.2. The van der Waals surface area contributed by atoms with Crippen molar-refractivity contribution in [3.63, 3.8) is 0 Å². The molecule has 0 spiro atoms. The third-order valence-electron chi connectivity index (χ3n) is 3.82. The van der Waals surface area contributed by atoms with E-state index in [-0.39, 0.29) is 11.6 Å². The van der Waals surface area contributed by atoms with Crippen LogP contribution in [0.3, 0.4) is 0 Å². The topological polar surface area (TPSA) is 31.2 Å². The highest BCUT2D eigenvalue weighted by molar-refractivity contribution is 6.30. The lowest BCUT2D eigenvalue weighted by Crippen LogP contribution is -2.22. The molecule has 0 bridgehead atoms. The van der Waals surface area contributed by atoms with Gasteiger partial charge in [0.05, 0.1) is 13.3 Å². The van der Waals surface area contributed by atoms with Gasteiger partial charge in [0.1, 0.15) is 5.75 Å². The molecule has 0 aliphatic rings.